The van der Waals surface area contributed by atoms with Gasteiger partial charge < -0.3 is 9.88 Å². The number of halogens is 1. The third-order valence-corrected chi connectivity index (χ3v) is 5.75. The molecule has 0 atom stereocenters. The van der Waals surface area contributed by atoms with E-state index in [1.807, 2.05) is 13.8 Å². The van der Waals surface area contributed by atoms with Crippen molar-refractivity contribution in [3.8, 4) is 5.69 Å². The van der Waals surface area contributed by atoms with Gasteiger partial charge in [0.15, 0.2) is 0 Å². The van der Waals surface area contributed by atoms with E-state index >= 15 is 0 Å². The van der Waals surface area contributed by atoms with Crippen molar-refractivity contribution in [3.63, 3.8) is 0 Å². The van der Waals surface area contributed by atoms with E-state index in [9.17, 15) is 14.4 Å². The van der Waals surface area contributed by atoms with Gasteiger partial charge in [0.1, 0.15) is 12.1 Å². The van der Waals surface area contributed by atoms with E-state index < -0.39 is 17.2 Å². The minimum atomic E-state index is -0.577. The molecule has 0 aliphatic carbocycles. The average molecular weight is 437 g/mol. The number of carbonyl (C=O) groups excluding carboxylic acids is 1. The Labute approximate surface area is 183 Å². The molecular formula is C23H21ClN4O3. The lowest BCUT2D eigenvalue weighted by molar-refractivity contribution is -0.116. The molecule has 2 heterocycles. The van der Waals surface area contributed by atoms with Gasteiger partial charge in [-0.3, -0.25) is 14.2 Å². The molecule has 0 saturated carbocycles. The number of aryl methyl sites for hydroxylation is 3. The summed E-state index contributed by atoms with van der Waals surface area (Å²) in [6, 6.07) is 15.6. The molecule has 4 aromatic rings. The van der Waals surface area contributed by atoms with Crippen molar-refractivity contribution >= 4 is 34.2 Å². The molecule has 8 heteroatoms. The number of amides is 1. The van der Waals surface area contributed by atoms with Crippen LogP contribution in [0.3, 0.4) is 0 Å². The minimum absolute atomic E-state index is 0.253. The number of nitrogens with zero attached hydrogens (tertiary/aromatic N) is 3. The van der Waals surface area contributed by atoms with Crippen molar-refractivity contribution < 1.29 is 4.79 Å². The smallest absolute Gasteiger partial charge is 0.336 e. The number of hydrogen-bond acceptors (Lipinski definition) is 3. The summed E-state index contributed by atoms with van der Waals surface area (Å²) in [5.41, 5.74) is 2.44. The third kappa shape index (κ3) is 3.68. The molecule has 2 aromatic carbocycles. The molecule has 0 spiro atoms. The first kappa shape index (κ1) is 20.7. The summed E-state index contributed by atoms with van der Waals surface area (Å²) in [6.07, 6.45) is 0. The van der Waals surface area contributed by atoms with Gasteiger partial charge in [-0.1, -0.05) is 35.9 Å². The van der Waals surface area contributed by atoms with Crippen LogP contribution in [0.5, 0.6) is 0 Å². The van der Waals surface area contributed by atoms with Crippen LogP contribution in [0.2, 0.25) is 5.02 Å². The summed E-state index contributed by atoms with van der Waals surface area (Å²) in [7, 11) is 1.76. The van der Waals surface area contributed by atoms with Crippen LogP contribution in [0, 0.1) is 13.8 Å². The standard InChI is InChI=1S/C23H21ClN4O3/c1-14-9-10-16(12-18(14)24)25-20(29)13-27-19-11-15(2)26(3)21(19)22(30)28(23(27)31)17-7-5-4-6-8-17/h4-12H,13H2,1-3H3,(H,25,29). The van der Waals surface area contributed by atoms with Crippen molar-refractivity contribution in [3.05, 3.63) is 91.7 Å². The van der Waals surface area contributed by atoms with Crippen molar-refractivity contribution in [2.45, 2.75) is 20.4 Å². The van der Waals surface area contributed by atoms with E-state index in [1.54, 1.807) is 66.2 Å². The first-order chi connectivity index (χ1) is 14.8. The fourth-order valence-corrected chi connectivity index (χ4v) is 3.74. The molecule has 4 rings (SSSR count). The summed E-state index contributed by atoms with van der Waals surface area (Å²) in [5, 5.41) is 3.30. The summed E-state index contributed by atoms with van der Waals surface area (Å²) >= 11 is 6.14. The van der Waals surface area contributed by atoms with Gasteiger partial charge in [-0.2, -0.15) is 0 Å². The molecule has 0 aliphatic heterocycles. The van der Waals surface area contributed by atoms with E-state index in [4.69, 9.17) is 11.6 Å². The lowest BCUT2D eigenvalue weighted by Crippen LogP contribution is -2.41. The summed E-state index contributed by atoms with van der Waals surface area (Å²) in [5.74, 6) is -0.400. The zero-order valence-corrected chi connectivity index (χ0v) is 18.1. The molecule has 0 aliphatic rings. The van der Waals surface area contributed by atoms with Gasteiger partial charge in [0, 0.05) is 23.5 Å². The highest BCUT2D eigenvalue weighted by atomic mass is 35.5. The Bertz CT molecular complexity index is 1430. The summed E-state index contributed by atoms with van der Waals surface area (Å²) in [6.45, 7) is 3.46. The second-order valence-corrected chi connectivity index (χ2v) is 7.84. The van der Waals surface area contributed by atoms with Crippen LogP contribution in [0.25, 0.3) is 16.7 Å². The van der Waals surface area contributed by atoms with Crippen molar-refractivity contribution in [1.29, 1.82) is 0 Å². The van der Waals surface area contributed by atoms with Gasteiger partial charge in [0.25, 0.3) is 5.56 Å². The van der Waals surface area contributed by atoms with Crippen molar-refractivity contribution in [2.24, 2.45) is 7.05 Å². The summed E-state index contributed by atoms with van der Waals surface area (Å²) in [4.78, 5) is 39.3. The van der Waals surface area contributed by atoms with E-state index in [2.05, 4.69) is 5.32 Å². The van der Waals surface area contributed by atoms with Crippen molar-refractivity contribution in [2.75, 3.05) is 5.32 Å². The molecule has 158 valence electrons. The number of para-hydroxylation sites is 1. The molecule has 0 unspecified atom stereocenters. The molecule has 7 nitrogen and oxygen atoms in total. The highest BCUT2D eigenvalue weighted by molar-refractivity contribution is 6.31. The van der Waals surface area contributed by atoms with Crippen molar-refractivity contribution in [1.82, 2.24) is 13.7 Å². The molecule has 0 fully saturated rings. The second kappa shape index (κ2) is 7.92. The van der Waals surface area contributed by atoms with Gasteiger partial charge in [-0.25, -0.2) is 9.36 Å². The number of nitrogens with one attached hydrogen (secondary N) is 1. The van der Waals surface area contributed by atoms with Gasteiger partial charge in [0.05, 0.1) is 11.2 Å². The van der Waals surface area contributed by atoms with Crippen LogP contribution in [0.4, 0.5) is 5.69 Å². The highest BCUT2D eigenvalue weighted by Crippen LogP contribution is 2.20. The van der Waals surface area contributed by atoms with Crippen LogP contribution in [0.1, 0.15) is 11.3 Å². The van der Waals surface area contributed by atoms with Crippen LogP contribution in [0.15, 0.2) is 64.2 Å². The van der Waals surface area contributed by atoms with Crippen LogP contribution < -0.4 is 16.6 Å². The number of anilines is 1. The number of hydrogen-bond donors (Lipinski definition) is 1. The third-order valence-electron chi connectivity index (χ3n) is 5.34. The quantitative estimate of drug-likeness (QED) is 0.532. The molecule has 31 heavy (non-hydrogen) atoms. The number of carbonyl (C=O) groups is 1. The molecule has 0 radical (unpaired) electrons. The monoisotopic (exact) mass is 436 g/mol. The molecule has 0 bridgehead atoms. The molecule has 0 saturated heterocycles. The lowest BCUT2D eigenvalue weighted by atomic mass is 10.2. The zero-order chi connectivity index (χ0) is 22.3. The molecule has 1 N–H and O–H groups in total. The topological polar surface area (TPSA) is 78.0 Å². The largest absolute Gasteiger partial charge is 0.342 e. The van der Waals surface area contributed by atoms with Gasteiger partial charge in [0.2, 0.25) is 5.91 Å². The zero-order valence-electron chi connectivity index (χ0n) is 17.3. The SMILES string of the molecule is Cc1ccc(NC(=O)Cn2c(=O)n(-c3ccccc3)c(=O)c3c2cc(C)n3C)cc1Cl. The Balaban J connectivity index is 1.84. The molecule has 1 amide bonds. The van der Waals surface area contributed by atoms with Gasteiger partial charge in [-0.05, 0) is 49.7 Å². The lowest BCUT2D eigenvalue weighted by Gasteiger charge is -2.13. The highest BCUT2D eigenvalue weighted by Gasteiger charge is 2.20. The number of fused-ring (bicyclic) bond motifs is 1. The Morgan fingerprint density at radius 3 is 2.42 bits per heavy atom. The molecular weight excluding hydrogens is 416 g/mol. The second-order valence-electron chi connectivity index (χ2n) is 7.44. The minimum Gasteiger partial charge on any atom is -0.342 e. The summed E-state index contributed by atoms with van der Waals surface area (Å²) < 4.78 is 4.14. The fourth-order valence-electron chi connectivity index (χ4n) is 3.56. The Morgan fingerprint density at radius 1 is 1.03 bits per heavy atom. The Kier molecular flexibility index (Phi) is 5.29. The number of benzene rings is 2. The van der Waals surface area contributed by atoms with Gasteiger partial charge >= 0.3 is 5.69 Å². The average Bonchev–Trinajstić information content (AvgIpc) is 3.03. The number of aromatic nitrogens is 3. The van der Waals surface area contributed by atoms with Crippen LogP contribution in [-0.4, -0.2) is 19.6 Å². The maximum absolute atomic E-state index is 13.3. The first-order valence-electron chi connectivity index (χ1n) is 9.71. The van der Waals surface area contributed by atoms with E-state index in [1.165, 1.54) is 4.57 Å². The maximum Gasteiger partial charge on any atom is 0.336 e. The number of rotatable bonds is 4. The van der Waals surface area contributed by atoms with E-state index in [0.717, 1.165) is 15.8 Å². The Hall–Kier alpha value is -3.58. The molecule has 2 aromatic heterocycles. The fraction of sp³-hybridized carbons (Fsp3) is 0.174. The maximum atomic E-state index is 13.3. The normalized spacial score (nSPS) is 11.1. The van der Waals surface area contributed by atoms with Crippen LogP contribution in [-0.2, 0) is 18.4 Å². The Morgan fingerprint density at radius 2 is 1.74 bits per heavy atom. The van der Waals surface area contributed by atoms with E-state index in [0.29, 0.717) is 27.4 Å². The van der Waals surface area contributed by atoms with E-state index in [-0.39, 0.29) is 6.54 Å². The van der Waals surface area contributed by atoms with Gasteiger partial charge in [-0.15, -0.1) is 0 Å². The van der Waals surface area contributed by atoms with Crippen LogP contribution >= 0.6 is 11.6 Å². The predicted molar refractivity (Wildman–Crippen MR) is 122 cm³/mol. The predicted octanol–water partition coefficient (Wildman–Crippen LogP) is 3.40. The first-order valence-corrected chi connectivity index (χ1v) is 10.1.